The van der Waals surface area contributed by atoms with E-state index in [1.165, 1.54) is 0 Å². The molecule has 4 aromatic carbocycles. The molecule has 0 aliphatic rings. The molecule has 0 saturated carbocycles. The zero-order chi connectivity index (χ0) is 21.6. The number of hydrogen-bond donors (Lipinski definition) is 2. The summed E-state index contributed by atoms with van der Waals surface area (Å²) in [6.45, 7) is 1.65. The summed E-state index contributed by atoms with van der Waals surface area (Å²) < 4.78 is 5.89. The van der Waals surface area contributed by atoms with Gasteiger partial charge in [-0.25, -0.2) is 0 Å². The quantitative estimate of drug-likeness (QED) is 0.448. The van der Waals surface area contributed by atoms with Crippen molar-refractivity contribution in [2.24, 2.45) is 0 Å². The molecule has 5 heteroatoms. The minimum Gasteiger partial charge on any atom is -0.455 e. The Morgan fingerprint density at radius 2 is 1.45 bits per heavy atom. The molecule has 0 aromatic heterocycles. The molecule has 1 atom stereocenters. The van der Waals surface area contributed by atoms with Gasteiger partial charge in [0, 0.05) is 5.56 Å². The van der Waals surface area contributed by atoms with E-state index in [-0.39, 0.29) is 11.8 Å². The van der Waals surface area contributed by atoms with Crippen molar-refractivity contribution in [3.8, 4) is 11.5 Å². The first kappa shape index (κ1) is 20.2. The number of benzene rings is 4. The van der Waals surface area contributed by atoms with Crippen LogP contribution in [0.15, 0.2) is 97.1 Å². The summed E-state index contributed by atoms with van der Waals surface area (Å²) in [7, 11) is 0. The van der Waals surface area contributed by atoms with E-state index in [1.54, 1.807) is 25.1 Å². The molecule has 0 unspecified atom stereocenters. The first-order valence-electron chi connectivity index (χ1n) is 10.0. The third-order valence-corrected chi connectivity index (χ3v) is 4.89. The Morgan fingerprint density at radius 3 is 2.29 bits per heavy atom. The Kier molecular flexibility index (Phi) is 5.94. The van der Waals surface area contributed by atoms with Gasteiger partial charge in [0.25, 0.3) is 5.91 Å². The van der Waals surface area contributed by atoms with E-state index in [4.69, 9.17) is 4.74 Å². The molecule has 0 spiro atoms. The van der Waals surface area contributed by atoms with Crippen molar-refractivity contribution < 1.29 is 14.3 Å². The first-order chi connectivity index (χ1) is 15.1. The molecule has 0 aliphatic heterocycles. The number of anilines is 1. The number of ether oxygens (including phenoxy) is 1. The monoisotopic (exact) mass is 410 g/mol. The van der Waals surface area contributed by atoms with Gasteiger partial charge < -0.3 is 15.4 Å². The van der Waals surface area contributed by atoms with Crippen molar-refractivity contribution in [2.75, 3.05) is 5.32 Å². The highest BCUT2D eigenvalue weighted by Crippen LogP contribution is 2.29. The summed E-state index contributed by atoms with van der Waals surface area (Å²) >= 11 is 0. The molecular weight excluding hydrogens is 388 g/mol. The third kappa shape index (κ3) is 4.73. The van der Waals surface area contributed by atoms with Crippen molar-refractivity contribution in [3.05, 3.63) is 103 Å². The second kappa shape index (κ2) is 9.13. The Morgan fingerprint density at radius 1 is 0.774 bits per heavy atom. The van der Waals surface area contributed by atoms with Gasteiger partial charge in [-0.05, 0) is 48.0 Å². The number of carbonyl (C=O) groups is 2. The molecule has 5 nitrogen and oxygen atoms in total. The smallest absolute Gasteiger partial charge is 0.252 e. The molecule has 2 N–H and O–H groups in total. The highest BCUT2D eigenvalue weighted by Gasteiger charge is 2.19. The molecule has 154 valence electrons. The molecule has 4 rings (SSSR count). The lowest BCUT2D eigenvalue weighted by molar-refractivity contribution is -0.117. The number of carbonyl (C=O) groups excluding carboxylic acids is 2. The topological polar surface area (TPSA) is 67.4 Å². The summed E-state index contributed by atoms with van der Waals surface area (Å²) in [6.07, 6.45) is 0. The molecule has 0 radical (unpaired) electrons. The Hall–Kier alpha value is -4.12. The maximum atomic E-state index is 12.8. The van der Waals surface area contributed by atoms with E-state index in [0.29, 0.717) is 22.7 Å². The fourth-order valence-corrected chi connectivity index (χ4v) is 3.28. The molecule has 4 aromatic rings. The van der Waals surface area contributed by atoms with Crippen LogP contribution in [0.4, 0.5) is 5.69 Å². The molecule has 0 fully saturated rings. The lowest BCUT2D eigenvalue weighted by atomic mass is 10.0. The maximum absolute atomic E-state index is 12.8. The summed E-state index contributed by atoms with van der Waals surface area (Å²) in [6, 6.07) is 29.0. The van der Waals surface area contributed by atoms with Crippen molar-refractivity contribution >= 4 is 28.3 Å². The lowest BCUT2D eigenvalue weighted by Gasteiger charge is -2.17. The first-order valence-corrected chi connectivity index (χ1v) is 10.0. The van der Waals surface area contributed by atoms with Gasteiger partial charge in [-0.1, -0.05) is 66.7 Å². The summed E-state index contributed by atoms with van der Waals surface area (Å²) in [5.41, 5.74) is 1.06. The van der Waals surface area contributed by atoms with Crippen LogP contribution in [0.2, 0.25) is 0 Å². The van der Waals surface area contributed by atoms with E-state index < -0.39 is 6.04 Å². The number of rotatable bonds is 6. The maximum Gasteiger partial charge on any atom is 0.252 e. The molecule has 0 bridgehead atoms. The molecule has 0 aliphatic carbocycles. The Bertz CT molecular complexity index is 1220. The van der Waals surface area contributed by atoms with Crippen LogP contribution in [-0.4, -0.2) is 17.9 Å². The summed E-state index contributed by atoms with van der Waals surface area (Å²) in [5, 5.41) is 7.45. The largest absolute Gasteiger partial charge is 0.455 e. The predicted molar refractivity (Wildman–Crippen MR) is 122 cm³/mol. The minimum absolute atomic E-state index is 0.298. The van der Waals surface area contributed by atoms with E-state index in [9.17, 15) is 9.59 Å². The fourth-order valence-electron chi connectivity index (χ4n) is 3.28. The van der Waals surface area contributed by atoms with Crippen LogP contribution in [0, 0.1) is 0 Å². The van der Waals surface area contributed by atoms with Gasteiger partial charge in [0.05, 0.1) is 5.69 Å². The van der Waals surface area contributed by atoms with Crippen LogP contribution >= 0.6 is 0 Å². The van der Waals surface area contributed by atoms with Crippen LogP contribution < -0.4 is 15.4 Å². The highest BCUT2D eigenvalue weighted by molar-refractivity contribution is 6.09. The molecule has 0 saturated heterocycles. The molecule has 2 amide bonds. The minimum atomic E-state index is -0.740. The Balaban J connectivity index is 1.46. The van der Waals surface area contributed by atoms with E-state index in [2.05, 4.69) is 10.6 Å². The van der Waals surface area contributed by atoms with Gasteiger partial charge in [-0.2, -0.15) is 0 Å². The van der Waals surface area contributed by atoms with E-state index in [0.717, 1.165) is 10.8 Å². The Labute approximate surface area is 180 Å². The van der Waals surface area contributed by atoms with Gasteiger partial charge in [-0.3, -0.25) is 9.59 Å². The van der Waals surface area contributed by atoms with E-state index in [1.807, 2.05) is 78.9 Å². The summed E-state index contributed by atoms with van der Waals surface area (Å²) in [4.78, 5) is 25.6. The third-order valence-electron chi connectivity index (χ3n) is 4.89. The van der Waals surface area contributed by atoms with Gasteiger partial charge in [0.1, 0.15) is 11.8 Å². The standard InChI is InChI=1S/C26H22N2O3/c1-18(27-26(30)22-15-9-11-19-10-5-6-14-21(19)22)25(29)28-23-16-7-8-17-24(23)31-20-12-3-2-4-13-20/h2-18H,1H3,(H,27,30)(H,28,29)/t18-/m0/s1. The highest BCUT2D eigenvalue weighted by atomic mass is 16.5. The summed E-state index contributed by atoms with van der Waals surface area (Å²) in [5.74, 6) is 0.558. The number of nitrogens with one attached hydrogen (secondary N) is 2. The van der Waals surface area contributed by atoms with Gasteiger partial charge in [0.2, 0.25) is 5.91 Å². The van der Waals surface area contributed by atoms with Crippen LogP contribution in [0.25, 0.3) is 10.8 Å². The van der Waals surface area contributed by atoms with Crippen molar-refractivity contribution in [2.45, 2.75) is 13.0 Å². The van der Waals surface area contributed by atoms with Crippen molar-refractivity contribution in [1.29, 1.82) is 0 Å². The second-order valence-corrected chi connectivity index (χ2v) is 7.12. The average Bonchev–Trinajstić information content (AvgIpc) is 2.80. The SMILES string of the molecule is C[C@H](NC(=O)c1cccc2ccccc12)C(=O)Nc1ccccc1Oc1ccccc1. The number of fused-ring (bicyclic) bond motifs is 1. The van der Waals surface area contributed by atoms with Crippen LogP contribution in [0.5, 0.6) is 11.5 Å². The van der Waals surface area contributed by atoms with Crippen LogP contribution in [0.3, 0.4) is 0 Å². The normalized spacial score (nSPS) is 11.5. The van der Waals surface area contributed by atoms with Crippen LogP contribution in [-0.2, 0) is 4.79 Å². The number of amides is 2. The second-order valence-electron chi connectivity index (χ2n) is 7.12. The van der Waals surface area contributed by atoms with Crippen molar-refractivity contribution in [1.82, 2.24) is 5.32 Å². The van der Waals surface area contributed by atoms with Gasteiger partial charge >= 0.3 is 0 Å². The molecule has 31 heavy (non-hydrogen) atoms. The lowest BCUT2D eigenvalue weighted by Crippen LogP contribution is -2.41. The molecule has 0 heterocycles. The average molecular weight is 410 g/mol. The van der Waals surface area contributed by atoms with Crippen molar-refractivity contribution in [3.63, 3.8) is 0 Å². The number of para-hydroxylation sites is 3. The number of hydrogen-bond acceptors (Lipinski definition) is 3. The zero-order valence-corrected chi connectivity index (χ0v) is 17.0. The fraction of sp³-hybridized carbons (Fsp3) is 0.0769. The van der Waals surface area contributed by atoms with Gasteiger partial charge in [-0.15, -0.1) is 0 Å². The van der Waals surface area contributed by atoms with Gasteiger partial charge in [0.15, 0.2) is 5.75 Å². The van der Waals surface area contributed by atoms with Crippen LogP contribution in [0.1, 0.15) is 17.3 Å². The zero-order valence-electron chi connectivity index (χ0n) is 17.0. The van der Waals surface area contributed by atoms with E-state index >= 15 is 0 Å². The molecular formula is C26H22N2O3. The predicted octanol–water partition coefficient (Wildman–Crippen LogP) is 5.39.